The van der Waals surface area contributed by atoms with Crippen LogP contribution in [0, 0.1) is 0 Å². The Morgan fingerprint density at radius 2 is 1.80 bits per heavy atom. The van der Waals surface area contributed by atoms with Gasteiger partial charge in [0.25, 0.3) is 0 Å². The van der Waals surface area contributed by atoms with Gasteiger partial charge in [0.05, 0.1) is 13.2 Å². The summed E-state index contributed by atoms with van der Waals surface area (Å²) in [6, 6.07) is -0.726. The lowest BCUT2D eigenvalue weighted by atomic mass is 10.5. The van der Waals surface area contributed by atoms with Crippen LogP contribution >= 0.6 is 0 Å². The van der Waals surface area contributed by atoms with E-state index in [-0.39, 0.29) is 19.9 Å². The minimum Gasteiger partial charge on any atom is -0.394 e. The molecule has 4 N–H and O–H groups in total. The molecule has 0 aromatic heterocycles. The van der Waals surface area contributed by atoms with Gasteiger partial charge in [-0.1, -0.05) is 0 Å². The number of aliphatic hydroxyl groups excluding tert-OH is 4. The number of carbonyl (C=O) groups excluding carboxylic acids is 1. The van der Waals surface area contributed by atoms with E-state index < -0.39 is 25.2 Å². The Morgan fingerprint density at radius 3 is 2.27 bits per heavy atom. The first kappa shape index (κ1) is 12.1. The van der Waals surface area contributed by atoms with Crippen molar-refractivity contribution in [1.82, 2.24) is 9.80 Å². The highest BCUT2D eigenvalue weighted by Crippen LogP contribution is 2.18. The molecule has 15 heavy (non-hydrogen) atoms. The summed E-state index contributed by atoms with van der Waals surface area (Å²) < 4.78 is 4.82. The minimum absolute atomic E-state index is 0.0196. The van der Waals surface area contributed by atoms with Gasteiger partial charge in [0, 0.05) is 0 Å². The van der Waals surface area contributed by atoms with Crippen LogP contribution in [-0.4, -0.2) is 75.4 Å². The van der Waals surface area contributed by atoms with Crippen LogP contribution in [0.25, 0.3) is 0 Å². The number of rotatable bonds is 5. The smallest absolute Gasteiger partial charge is 0.328 e. The maximum Gasteiger partial charge on any atom is 0.328 e. The van der Waals surface area contributed by atoms with Gasteiger partial charge in [0.1, 0.15) is 13.5 Å². The Balaban J connectivity index is 2.53. The lowest BCUT2D eigenvalue weighted by Gasteiger charge is -2.18. The predicted molar refractivity (Wildman–Crippen MR) is 46.1 cm³/mol. The van der Waals surface area contributed by atoms with E-state index in [1.165, 1.54) is 0 Å². The van der Waals surface area contributed by atoms with E-state index in [1.807, 2.05) is 0 Å². The third-order valence-corrected chi connectivity index (χ3v) is 2.02. The lowest BCUT2D eigenvalue weighted by Crippen LogP contribution is -2.38. The summed E-state index contributed by atoms with van der Waals surface area (Å²) in [7, 11) is 0. The van der Waals surface area contributed by atoms with Gasteiger partial charge in [-0.15, -0.1) is 0 Å². The van der Waals surface area contributed by atoms with E-state index >= 15 is 0 Å². The lowest BCUT2D eigenvalue weighted by molar-refractivity contribution is -0.101. The molecule has 0 spiro atoms. The third-order valence-electron chi connectivity index (χ3n) is 2.02. The van der Waals surface area contributed by atoms with Crippen molar-refractivity contribution >= 4 is 6.03 Å². The van der Waals surface area contributed by atoms with E-state index in [2.05, 4.69) is 0 Å². The number of hydrogen-bond acceptors (Lipinski definition) is 6. The zero-order valence-corrected chi connectivity index (χ0v) is 7.98. The molecule has 88 valence electrons. The van der Waals surface area contributed by atoms with Crippen LogP contribution in [0.4, 0.5) is 4.79 Å². The molecule has 8 heteroatoms. The van der Waals surface area contributed by atoms with Crippen molar-refractivity contribution in [2.75, 3.05) is 26.7 Å². The molecule has 0 aromatic rings. The first-order valence-corrected chi connectivity index (χ1v) is 4.36. The maximum atomic E-state index is 11.4. The molecule has 1 rings (SSSR count). The molecule has 2 atom stereocenters. The topological polar surface area (TPSA) is 114 Å². The van der Waals surface area contributed by atoms with Gasteiger partial charge in [-0.3, -0.25) is 9.80 Å². The predicted octanol–water partition coefficient (Wildman–Crippen LogP) is -2.72. The van der Waals surface area contributed by atoms with Crippen molar-refractivity contribution < 1.29 is 30.0 Å². The second-order valence-electron chi connectivity index (χ2n) is 2.95. The molecule has 1 heterocycles. The number of ether oxygens (including phenoxy) is 1. The fourth-order valence-electron chi connectivity index (χ4n) is 1.22. The fourth-order valence-corrected chi connectivity index (χ4v) is 1.22. The number of nitrogens with zero attached hydrogens (tertiary/aromatic N) is 2. The van der Waals surface area contributed by atoms with Gasteiger partial charge in [0.15, 0.2) is 12.5 Å². The summed E-state index contributed by atoms with van der Waals surface area (Å²) >= 11 is 0. The van der Waals surface area contributed by atoms with Crippen molar-refractivity contribution in [3.8, 4) is 0 Å². The number of carbonyl (C=O) groups is 1. The number of amides is 2. The second-order valence-corrected chi connectivity index (χ2v) is 2.95. The molecule has 0 aliphatic carbocycles. The second kappa shape index (κ2) is 5.24. The summed E-state index contributed by atoms with van der Waals surface area (Å²) in [5, 5.41) is 35.9. The van der Waals surface area contributed by atoms with Crippen LogP contribution in [0.15, 0.2) is 0 Å². The van der Waals surface area contributed by atoms with Crippen molar-refractivity contribution in [1.29, 1.82) is 0 Å². The van der Waals surface area contributed by atoms with Crippen molar-refractivity contribution in [2.45, 2.75) is 12.5 Å². The molecule has 1 fully saturated rings. The molecule has 1 saturated heterocycles. The summed E-state index contributed by atoms with van der Waals surface area (Å²) in [4.78, 5) is 12.9. The molecule has 0 aromatic carbocycles. The largest absolute Gasteiger partial charge is 0.394 e. The van der Waals surface area contributed by atoms with Crippen LogP contribution in [0.1, 0.15) is 0 Å². The van der Waals surface area contributed by atoms with Crippen LogP contribution in [-0.2, 0) is 4.74 Å². The van der Waals surface area contributed by atoms with E-state index in [4.69, 9.17) is 14.9 Å². The van der Waals surface area contributed by atoms with E-state index in [1.54, 1.807) is 0 Å². The molecule has 2 amide bonds. The average molecular weight is 222 g/mol. The van der Waals surface area contributed by atoms with Crippen molar-refractivity contribution in [3.63, 3.8) is 0 Å². The highest BCUT2D eigenvalue weighted by atomic mass is 16.5. The zero-order chi connectivity index (χ0) is 11.4. The summed E-state index contributed by atoms with van der Waals surface area (Å²) in [6.45, 7) is -1.13. The monoisotopic (exact) mass is 222 g/mol. The quantitative estimate of drug-likeness (QED) is 0.376. The highest BCUT2D eigenvalue weighted by Gasteiger charge is 2.43. The molecule has 1 aliphatic heterocycles. The van der Waals surface area contributed by atoms with Gasteiger partial charge >= 0.3 is 6.03 Å². The normalized spacial score (nSPS) is 26.5. The zero-order valence-electron chi connectivity index (χ0n) is 7.98. The van der Waals surface area contributed by atoms with Gasteiger partial charge in [-0.2, -0.15) is 0 Å². The third kappa shape index (κ3) is 2.36. The van der Waals surface area contributed by atoms with Crippen LogP contribution in [0.3, 0.4) is 0 Å². The standard InChI is InChI=1S/C7H14N2O6/c10-1-2-15-4-9-6(13)5(12)8(3-11)7(9)14/h5-6,10-13H,1-4H2. The molecular weight excluding hydrogens is 208 g/mol. The molecule has 0 bridgehead atoms. The molecule has 2 unspecified atom stereocenters. The Bertz CT molecular complexity index is 226. The van der Waals surface area contributed by atoms with Gasteiger partial charge in [-0.25, -0.2) is 4.79 Å². The van der Waals surface area contributed by atoms with Gasteiger partial charge in [-0.05, 0) is 0 Å². The van der Waals surface area contributed by atoms with Gasteiger partial charge in [0.2, 0.25) is 0 Å². The Kier molecular flexibility index (Phi) is 4.24. The fraction of sp³-hybridized carbons (Fsp3) is 0.857. The van der Waals surface area contributed by atoms with Crippen LogP contribution in [0.5, 0.6) is 0 Å². The van der Waals surface area contributed by atoms with E-state index in [9.17, 15) is 15.0 Å². The summed E-state index contributed by atoms with van der Waals surface area (Å²) in [5.41, 5.74) is 0. The molecule has 1 aliphatic rings. The summed E-state index contributed by atoms with van der Waals surface area (Å²) in [6.07, 6.45) is -2.91. The molecule has 8 nitrogen and oxygen atoms in total. The van der Waals surface area contributed by atoms with E-state index in [0.717, 1.165) is 4.90 Å². The van der Waals surface area contributed by atoms with Crippen LogP contribution in [0.2, 0.25) is 0 Å². The molecular formula is C7H14N2O6. The first-order chi connectivity index (χ1) is 7.13. The van der Waals surface area contributed by atoms with Crippen molar-refractivity contribution in [2.24, 2.45) is 0 Å². The SMILES string of the molecule is O=C1N(CO)C(O)C(O)N1COCCO. The van der Waals surface area contributed by atoms with E-state index in [0.29, 0.717) is 4.90 Å². The molecule has 0 saturated carbocycles. The Labute approximate surface area is 85.9 Å². The molecule has 0 radical (unpaired) electrons. The number of hydrogen-bond donors (Lipinski definition) is 4. The van der Waals surface area contributed by atoms with Crippen LogP contribution < -0.4 is 0 Å². The Hall–Kier alpha value is -0.930. The van der Waals surface area contributed by atoms with Gasteiger partial charge < -0.3 is 25.2 Å². The maximum absolute atomic E-state index is 11.4. The number of urea groups is 1. The summed E-state index contributed by atoms with van der Waals surface area (Å²) in [5.74, 6) is 0. The number of aliphatic hydroxyl groups is 4. The highest BCUT2D eigenvalue weighted by molar-refractivity contribution is 5.76. The average Bonchev–Trinajstić information content (AvgIpc) is 2.42. The minimum atomic E-state index is -1.47. The Morgan fingerprint density at radius 1 is 1.20 bits per heavy atom. The van der Waals surface area contributed by atoms with Crippen molar-refractivity contribution in [3.05, 3.63) is 0 Å². The first-order valence-electron chi connectivity index (χ1n) is 4.36.